The van der Waals surface area contributed by atoms with Gasteiger partial charge in [-0.05, 0) is 36.1 Å². The van der Waals surface area contributed by atoms with Gasteiger partial charge in [-0.3, -0.25) is 13.9 Å². The van der Waals surface area contributed by atoms with E-state index in [9.17, 15) is 20.0 Å². The third kappa shape index (κ3) is 4.19. The number of rotatable bonds is 7. The Kier molecular flexibility index (Phi) is 5.50. The predicted molar refractivity (Wildman–Crippen MR) is 111 cm³/mol. The lowest BCUT2D eigenvalue weighted by atomic mass is 10.1. The van der Waals surface area contributed by atoms with Crippen molar-refractivity contribution in [3.8, 4) is 22.9 Å². The van der Waals surface area contributed by atoms with Gasteiger partial charge in [0.1, 0.15) is 30.1 Å². The molecule has 1 heterocycles. The third-order valence-electron chi connectivity index (χ3n) is 5.05. The minimum atomic E-state index is -1.08. The van der Waals surface area contributed by atoms with Crippen molar-refractivity contribution >= 4 is 0 Å². The smallest absolute Gasteiger partial charge is 0.331 e. The second-order valence-electron chi connectivity index (χ2n) is 7.35. The Morgan fingerprint density at radius 2 is 1.73 bits per heavy atom. The molecule has 0 saturated heterocycles. The summed E-state index contributed by atoms with van der Waals surface area (Å²) in [6, 6.07) is 19.2. The normalized spacial score (nSPS) is 14.1. The Balaban J connectivity index is 1.44. The van der Waals surface area contributed by atoms with Crippen LogP contribution in [0.4, 0.5) is 0 Å². The number of ether oxygens (including phenoxy) is 1. The molecular formula is C23H21N3O4. The molecule has 3 aromatic rings. The Morgan fingerprint density at radius 3 is 2.37 bits per heavy atom. The summed E-state index contributed by atoms with van der Waals surface area (Å²) in [7, 11) is 0. The van der Waals surface area contributed by atoms with Crippen LogP contribution in [0.15, 0.2) is 70.4 Å². The zero-order valence-electron chi connectivity index (χ0n) is 16.3. The van der Waals surface area contributed by atoms with Gasteiger partial charge >= 0.3 is 5.69 Å². The fraction of sp³-hybridized carbons (Fsp3) is 0.261. The van der Waals surface area contributed by atoms with Gasteiger partial charge in [-0.25, -0.2) is 4.79 Å². The van der Waals surface area contributed by atoms with Gasteiger partial charge in [0.25, 0.3) is 5.56 Å². The van der Waals surface area contributed by atoms with E-state index in [4.69, 9.17) is 4.74 Å². The summed E-state index contributed by atoms with van der Waals surface area (Å²) in [4.78, 5) is 25.0. The van der Waals surface area contributed by atoms with Crippen LogP contribution in [0, 0.1) is 11.3 Å². The van der Waals surface area contributed by atoms with Crippen molar-refractivity contribution in [2.75, 3.05) is 6.61 Å². The summed E-state index contributed by atoms with van der Waals surface area (Å²) in [5.74, 6) is 0.572. The van der Waals surface area contributed by atoms with Crippen molar-refractivity contribution < 1.29 is 9.84 Å². The molecule has 2 aromatic carbocycles. The van der Waals surface area contributed by atoms with Crippen molar-refractivity contribution in [2.24, 2.45) is 0 Å². The van der Waals surface area contributed by atoms with Gasteiger partial charge in [-0.15, -0.1) is 0 Å². The van der Waals surface area contributed by atoms with Crippen molar-refractivity contribution in [2.45, 2.75) is 31.5 Å². The monoisotopic (exact) mass is 403 g/mol. The molecule has 7 heteroatoms. The van der Waals surface area contributed by atoms with Crippen molar-refractivity contribution in [3.05, 3.63) is 87.2 Å². The molecule has 1 fully saturated rings. The van der Waals surface area contributed by atoms with Crippen molar-refractivity contribution in [1.82, 2.24) is 9.13 Å². The van der Waals surface area contributed by atoms with Crippen LogP contribution >= 0.6 is 0 Å². The van der Waals surface area contributed by atoms with Gasteiger partial charge in [0.15, 0.2) is 0 Å². The Labute approximate surface area is 173 Å². The van der Waals surface area contributed by atoms with E-state index in [-0.39, 0.29) is 24.8 Å². The summed E-state index contributed by atoms with van der Waals surface area (Å²) in [5, 5.41) is 19.5. The summed E-state index contributed by atoms with van der Waals surface area (Å²) in [6.07, 6.45) is 1.92. The molecule has 1 saturated carbocycles. The second kappa shape index (κ2) is 8.39. The highest BCUT2D eigenvalue weighted by atomic mass is 16.5. The van der Waals surface area contributed by atoms with Gasteiger partial charge in [0, 0.05) is 12.2 Å². The average Bonchev–Trinajstić information content (AvgIpc) is 3.62. The lowest BCUT2D eigenvalue weighted by molar-refractivity contribution is 0.0899. The minimum Gasteiger partial charge on any atom is -0.491 e. The number of nitrogens with zero attached hydrogens (tertiary/aromatic N) is 3. The van der Waals surface area contributed by atoms with Gasteiger partial charge < -0.3 is 9.84 Å². The van der Waals surface area contributed by atoms with Crippen LogP contribution in [-0.2, 0) is 6.54 Å². The Bertz CT molecular complexity index is 1190. The zero-order chi connectivity index (χ0) is 21.1. The molecule has 1 aromatic heterocycles. The molecule has 0 spiro atoms. The summed E-state index contributed by atoms with van der Waals surface area (Å²) < 4.78 is 7.95. The van der Waals surface area contributed by atoms with Gasteiger partial charge in [-0.1, -0.05) is 42.5 Å². The number of aliphatic hydroxyl groups is 1. The molecule has 0 unspecified atom stereocenters. The molecule has 0 bridgehead atoms. The van der Waals surface area contributed by atoms with Crippen molar-refractivity contribution in [1.29, 1.82) is 5.26 Å². The molecule has 1 aliphatic rings. The lowest BCUT2D eigenvalue weighted by Gasteiger charge is -2.15. The van der Waals surface area contributed by atoms with Crippen molar-refractivity contribution in [3.63, 3.8) is 0 Å². The maximum Gasteiger partial charge on any atom is 0.331 e. The molecule has 30 heavy (non-hydrogen) atoms. The molecule has 1 atom stereocenters. The molecule has 0 aliphatic heterocycles. The van der Waals surface area contributed by atoms with Crippen LogP contribution in [-0.4, -0.2) is 27.0 Å². The Hall–Kier alpha value is -3.63. The number of hydrogen-bond acceptors (Lipinski definition) is 5. The zero-order valence-corrected chi connectivity index (χ0v) is 16.3. The number of aliphatic hydroxyl groups excluding tert-OH is 1. The number of hydrogen-bond donors (Lipinski definition) is 1. The maximum atomic E-state index is 12.6. The fourth-order valence-corrected chi connectivity index (χ4v) is 3.30. The summed E-state index contributed by atoms with van der Waals surface area (Å²) in [6.45, 7) is -0.321. The topological polar surface area (TPSA) is 97.2 Å². The van der Waals surface area contributed by atoms with Gasteiger partial charge in [-0.2, -0.15) is 5.26 Å². The van der Waals surface area contributed by atoms with E-state index in [1.54, 1.807) is 12.1 Å². The first-order chi connectivity index (χ1) is 14.6. The minimum absolute atomic E-state index is 0.0213. The molecule has 0 amide bonds. The molecule has 0 radical (unpaired) electrons. The largest absolute Gasteiger partial charge is 0.491 e. The van der Waals surface area contributed by atoms with Crippen LogP contribution in [0.3, 0.4) is 0 Å². The summed E-state index contributed by atoms with van der Waals surface area (Å²) in [5.41, 5.74) is 0.835. The van der Waals surface area contributed by atoms with Crippen LogP contribution in [0.2, 0.25) is 0 Å². The van der Waals surface area contributed by atoms with Crippen LogP contribution in [0.1, 0.15) is 24.4 Å². The number of nitriles is 1. The highest BCUT2D eigenvalue weighted by molar-refractivity contribution is 5.63. The summed E-state index contributed by atoms with van der Waals surface area (Å²) >= 11 is 0. The highest BCUT2D eigenvalue weighted by Gasteiger charge is 2.27. The SMILES string of the molecule is N#Cc1cn(C2CC2)c(=O)n(C[C@H](O)COc2ccc(-c3ccccc3)cc2)c1=O. The average molecular weight is 403 g/mol. The van der Waals surface area contributed by atoms with E-state index < -0.39 is 17.4 Å². The first-order valence-electron chi connectivity index (χ1n) is 9.79. The van der Waals surface area contributed by atoms with Gasteiger partial charge in [0.05, 0.1) is 6.54 Å². The molecule has 1 aliphatic carbocycles. The van der Waals surface area contributed by atoms with Crippen LogP contribution < -0.4 is 16.0 Å². The molecule has 1 N–H and O–H groups in total. The van der Waals surface area contributed by atoms with Crippen LogP contribution in [0.25, 0.3) is 11.1 Å². The van der Waals surface area contributed by atoms with Crippen LogP contribution in [0.5, 0.6) is 5.75 Å². The fourth-order valence-electron chi connectivity index (χ4n) is 3.30. The third-order valence-corrected chi connectivity index (χ3v) is 5.05. The second-order valence-corrected chi connectivity index (χ2v) is 7.35. The molecule has 7 nitrogen and oxygen atoms in total. The number of benzene rings is 2. The molecule has 4 rings (SSSR count). The first-order valence-corrected chi connectivity index (χ1v) is 9.79. The van der Waals surface area contributed by atoms with E-state index in [1.165, 1.54) is 10.8 Å². The first kappa shape index (κ1) is 19.7. The van der Waals surface area contributed by atoms with Gasteiger partial charge in [0.2, 0.25) is 0 Å². The maximum absolute atomic E-state index is 12.6. The highest BCUT2D eigenvalue weighted by Crippen LogP contribution is 2.33. The van der Waals surface area contributed by atoms with E-state index >= 15 is 0 Å². The van der Waals surface area contributed by atoms with E-state index in [0.29, 0.717) is 5.75 Å². The quantitative estimate of drug-likeness (QED) is 0.653. The predicted octanol–water partition coefficient (Wildman–Crippen LogP) is 2.32. The standard InChI is InChI=1S/C23H21N3O4/c24-12-18-13-25(19-8-9-19)23(29)26(22(18)28)14-20(27)15-30-21-10-6-17(7-11-21)16-4-2-1-3-5-16/h1-7,10-11,13,19-20,27H,8-9,14-15H2/t20-/m0/s1. The van der Waals surface area contributed by atoms with E-state index in [2.05, 4.69) is 0 Å². The lowest BCUT2D eigenvalue weighted by Crippen LogP contribution is -2.44. The number of aromatic nitrogens is 2. The molecule has 152 valence electrons. The molecular weight excluding hydrogens is 382 g/mol. The van der Waals surface area contributed by atoms with E-state index in [1.807, 2.05) is 48.5 Å². The Morgan fingerprint density at radius 1 is 1.07 bits per heavy atom. The van der Waals surface area contributed by atoms with E-state index in [0.717, 1.165) is 28.5 Å².